The van der Waals surface area contributed by atoms with Gasteiger partial charge < -0.3 is 14.4 Å². The number of likely N-dealkylation sites (tertiary alicyclic amines) is 1. The molecule has 0 bridgehead atoms. The van der Waals surface area contributed by atoms with Gasteiger partial charge in [0.25, 0.3) is 0 Å². The molecule has 0 aromatic heterocycles. The van der Waals surface area contributed by atoms with Crippen molar-refractivity contribution in [2.24, 2.45) is 5.92 Å². The van der Waals surface area contributed by atoms with Crippen LogP contribution in [0.4, 0.5) is 0 Å². The van der Waals surface area contributed by atoms with Gasteiger partial charge in [0.2, 0.25) is 5.91 Å². The van der Waals surface area contributed by atoms with Gasteiger partial charge in [-0.1, -0.05) is 30.3 Å². The first-order valence-electron chi connectivity index (χ1n) is 9.41. The summed E-state index contributed by atoms with van der Waals surface area (Å²) < 4.78 is 11.1. The van der Waals surface area contributed by atoms with Gasteiger partial charge in [-0.2, -0.15) is 0 Å². The van der Waals surface area contributed by atoms with Gasteiger partial charge in [-0.15, -0.1) is 0 Å². The van der Waals surface area contributed by atoms with Gasteiger partial charge in [0, 0.05) is 52.2 Å². The van der Waals surface area contributed by atoms with Gasteiger partial charge in [-0.3, -0.25) is 9.69 Å². The number of rotatable bonds is 6. The number of hydrogen-bond acceptors (Lipinski definition) is 4. The average Bonchev–Trinajstić information content (AvgIpc) is 2.67. The first-order chi connectivity index (χ1) is 12.3. The molecule has 25 heavy (non-hydrogen) atoms. The Bertz CT molecular complexity index is 531. The van der Waals surface area contributed by atoms with E-state index in [0.717, 1.165) is 58.8 Å². The molecule has 2 fully saturated rings. The van der Waals surface area contributed by atoms with Crippen molar-refractivity contribution in [2.45, 2.75) is 25.4 Å². The third-order valence-corrected chi connectivity index (χ3v) is 5.41. The van der Waals surface area contributed by atoms with Crippen molar-refractivity contribution in [2.75, 3.05) is 53.0 Å². The van der Waals surface area contributed by atoms with Crippen LogP contribution in [0.15, 0.2) is 30.3 Å². The highest BCUT2D eigenvalue weighted by atomic mass is 16.5. The topological polar surface area (TPSA) is 42.0 Å². The van der Waals surface area contributed by atoms with Crippen LogP contribution in [-0.2, 0) is 20.7 Å². The van der Waals surface area contributed by atoms with Crippen LogP contribution in [0, 0.1) is 5.92 Å². The molecule has 2 heterocycles. The Morgan fingerprint density at radius 3 is 2.68 bits per heavy atom. The summed E-state index contributed by atoms with van der Waals surface area (Å²) in [7, 11) is 1.79. The molecule has 0 spiro atoms. The summed E-state index contributed by atoms with van der Waals surface area (Å²) >= 11 is 0. The van der Waals surface area contributed by atoms with Gasteiger partial charge in [0.15, 0.2) is 0 Å². The minimum Gasteiger partial charge on any atom is -0.381 e. The van der Waals surface area contributed by atoms with Gasteiger partial charge in [0.1, 0.15) is 0 Å². The summed E-state index contributed by atoms with van der Waals surface area (Å²) in [4.78, 5) is 17.0. The third-order valence-electron chi connectivity index (χ3n) is 5.41. The smallest absolute Gasteiger partial charge is 0.223 e. The molecule has 2 atom stereocenters. The lowest BCUT2D eigenvalue weighted by atomic mass is 9.88. The van der Waals surface area contributed by atoms with Crippen molar-refractivity contribution in [3.05, 3.63) is 35.9 Å². The Kier molecular flexibility index (Phi) is 6.84. The lowest BCUT2D eigenvalue weighted by molar-refractivity contribution is -0.136. The Labute approximate surface area is 150 Å². The van der Waals surface area contributed by atoms with E-state index in [-0.39, 0.29) is 12.0 Å². The lowest BCUT2D eigenvalue weighted by Crippen LogP contribution is -2.48. The summed E-state index contributed by atoms with van der Waals surface area (Å²) in [6.45, 7) is 5.90. The molecule has 2 aliphatic rings. The largest absolute Gasteiger partial charge is 0.381 e. The lowest BCUT2D eigenvalue weighted by Gasteiger charge is -2.38. The minimum absolute atomic E-state index is 0.239. The van der Waals surface area contributed by atoms with Crippen LogP contribution in [-0.4, -0.2) is 74.9 Å². The van der Waals surface area contributed by atoms with E-state index in [1.165, 1.54) is 5.56 Å². The third kappa shape index (κ3) is 5.27. The molecule has 0 unspecified atom stereocenters. The zero-order chi connectivity index (χ0) is 17.5. The van der Waals surface area contributed by atoms with E-state index in [0.29, 0.717) is 12.3 Å². The second-order valence-electron chi connectivity index (χ2n) is 7.06. The highest BCUT2D eigenvalue weighted by Crippen LogP contribution is 2.24. The summed E-state index contributed by atoms with van der Waals surface area (Å²) in [6, 6.07) is 10.5. The van der Waals surface area contributed by atoms with Crippen molar-refractivity contribution < 1.29 is 14.3 Å². The molecule has 0 saturated carbocycles. The van der Waals surface area contributed by atoms with E-state index >= 15 is 0 Å². The Hall–Kier alpha value is -1.43. The normalized spacial score (nSPS) is 25.1. The molecule has 5 nitrogen and oxygen atoms in total. The highest BCUT2D eigenvalue weighted by molar-refractivity contribution is 5.76. The van der Waals surface area contributed by atoms with E-state index in [2.05, 4.69) is 29.2 Å². The fourth-order valence-electron chi connectivity index (χ4n) is 3.90. The van der Waals surface area contributed by atoms with Crippen molar-refractivity contribution >= 4 is 5.91 Å². The molecule has 5 heteroatoms. The zero-order valence-corrected chi connectivity index (χ0v) is 15.2. The zero-order valence-electron chi connectivity index (χ0n) is 15.2. The summed E-state index contributed by atoms with van der Waals surface area (Å²) in [5, 5.41) is 0. The van der Waals surface area contributed by atoms with Crippen LogP contribution in [0.2, 0.25) is 0 Å². The van der Waals surface area contributed by atoms with Crippen molar-refractivity contribution in [1.82, 2.24) is 9.80 Å². The molecule has 3 rings (SSSR count). The van der Waals surface area contributed by atoms with Crippen LogP contribution >= 0.6 is 0 Å². The van der Waals surface area contributed by atoms with Gasteiger partial charge in [-0.25, -0.2) is 0 Å². The molecule has 2 saturated heterocycles. The van der Waals surface area contributed by atoms with Crippen molar-refractivity contribution in [3.63, 3.8) is 0 Å². The van der Waals surface area contributed by atoms with E-state index in [4.69, 9.17) is 9.47 Å². The number of hydrogen-bond donors (Lipinski definition) is 0. The number of nitrogens with zero attached hydrogens (tertiary/aromatic N) is 2. The van der Waals surface area contributed by atoms with Crippen LogP contribution in [0.1, 0.15) is 18.4 Å². The maximum Gasteiger partial charge on any atom is 0.223 e. The van der Waals surface area contributed by atoms with E-state index in [1.54, 1.807) is 7.11 Å². The predicted molar refractivity (Wildman–Crippen MR) is 97.5 cm³/mol. The number of carbonyl (C=O) groups excluding carboxylic acids is 1. The van der Waals surface area contributed by atoms with Crippen LogP contribution < -0.4 is 0 Å². The molecule has 0 radical (unpaired) electrons. The maximum atomic E-state index is 12.7. The second kappa shape index (κ2) is 9.32. The number of ether oxygens (including phenoxy) is 2. The summed E-state index contributed by atoms with van der Waals surface area (Å²) in [6.07, 6.45) is 2.74. The van der Waals surface area contributed by atoms with Gasteiger partial charge in [0.05, 0.1) is 19.3 Å². The van der Waals surface area contributed by atoms with E-state index < -0.39 is 0 Å². The second-order valence-corrected chi connectivity index (χ2v) is 7.06. The molecule has 0 aliphatic carbocycles. The van der Waals surface area contributed by atoms with E-state index in [9.17, 15) is 4.79 Å². The number of morpholine rings is 1. The van der Waals surface area contributed by atoms with Crippen molar-refractivity contribution in [1.29, 1.82) is 0 Å². The fraction of sp³-hybridized carbons (Fsp3) is 0.650. The van der Waals surface area contributed by atoms with Gasteiger partial charge >= 0.3 is 0 Å². The number of amides is 1. The molecular weight excluding hydrogens is 316 g/mol. The monoisotopic (exact) mass is 346 g/mol. The number of piperidine rings is 1. The Balaban J connectivity index is 1.52. The molecule has 2 aliphatic heterocycles. The number of benzene rings is 1. The molecule has 138 valence electrons. The molecule has 1 amide bonds. The molecule has 1 aromatic rings. The van der Waals surface area contributed by atoms with Crippen molar-refractivity contribution in [3.8, 4) is 0 Å². The maximum absolute atomic E-state index is 12.7. The first-order valence-corrected chi connectivity index (χ1v) is 9.41. The predicted octanol–water partition coefficient (Wildman–Crippen LogP) is 1.81. The number of carbonyl (C=O) groups is 1. The van der Waals surface area contributed by atoms with Crippen LogP contribution in [0.5, 0.6) is 0 Å². The highest BCUT2D eigenvalue weighted by Gasteiger charge is 2.31. The quantitative estimate of drug-likeness (QED) is 0.788. The summed E-state index contributed by atoms with van der Waals surface area (Å²) in [5.41, 5.74) is 1.32. The number of methoxy groups -OCH3 is 1. The minimum atomic E-state index is 0.239. The van der Waals surface area contributed by atoms with Crippen LogP contribution in [0.25, 0.3) is 0 Å². The first kappa shape index (κ1) is 18.4. The molecule has 1 aromatic carbocycles. The Morgan fingerprint density at radius 1 is 1.20 bits per heavy atom. The Morgan fingerprint density at radius 2 is 1.96 bits per heavy atom. The standard InChI is InChI=1S/C20H30N2O3/c1-24-19-7-10-22(16-18(19)15-17-5-3-2-4-6-17)20(23)8-9-21-11-13-25-14-12-21/h2-6,18-19H,7-16H2,1H3/t18-,19+/m1/s1. The fourth-order valence-corrected chi connectivity index (χ4v) is 3.90. The van der Waals surface area contributed by atoms with E-state index in [1.807, 2.05) is 11.0 Å². The van der Waals surface area contributed by atoms with Crippen LogP contribution in [0.3, 0.4) is 0 Å². The SMILES string of the molecule is CO[C@H]1CCN(C(=O)CCN2CCOCC2)C[C@H]1Cc1ccccc1. The molecular formula is C20H30N2O3. The molecule has 0 N–H and O–H groups in total. The summed E-state index contributed by atoms with van der Waals surface area (Å²) in [5.74, 6) is 0.646. The average molecular weight is 346 g/mol. The van der Waals surface area contributed by atoms with Gasteiger partial charge in [-0.05, 0) is 18.4 Å².